The number of amides is 2. The van der Waals surface area contributed by atoms with Crippen molar-refractivity contribution >= 4 is 29.1 Å². The predicted molar refractivity (Wildman–Crippen MR) is 64.5 cm³/mol. The van der Waals surface area contributed by atoms with E-state index in [1.807, 2.05) is 0 Å². The van der Waals surface area contributed by atoms with E-state index in [2.05, 4.69) is 15.6 Å². The maximum atomic E-state index is 11.2. The topological polar surface area (TPSA) is 108 Å². The van der Waals surface area contributed by atoms with Gasteiger partial charge in [0, 0.05) is 25.3 Å². The van der Waals surface area contributed by atoms with E-state index in [-0.39, 0.29) is 24.1 Å². The third kappa shape index (κ3) is 4.91. The molecule has 0 aliphatic carbocycles. The molecule has 1 aromatic heterocycles. The normalized spacial score (nSPS) is 9.83. The van der Waals surface area contributed by atoms with Crippen LogP contribution in [-0.2, 0) is 16.0 Å². The first-order valence-electron chi connectivity index (χ1n) is 5.18. The average molecular weight is 271 g/mol. The Morgan fingerprint density at radius 3 is 2.67 bits per heavy atom. The van der Waals surface area contributed by atoms with Gasteiger partial charge in [0.2, 0.25) is 11.8 Å². The molecule has 0 bridgehead atoms. The maximum absolute atomic E-state index is 11.2. The SMILES string of the molecule is CC(=O)NCC(=O)NCCc1nc(C(=O)O)cs1. The van der Waals surface area contributed by atoms with Gasteiger partial charge < -0.3 is 15.7 Å². The Hall–Kier alpha value is -1.96. The number of hydrogen-bond donors (Lipinski definition) is 3. The van der Waals surface area contributed by atoms with Crippen LogP contribution in [0.3, 0.4) is 0 Å². The zero-order valence-electron chi connectivity index (χ0n) is 9.73. The van der Waals surface area contributed by atoms with Gasteiger partial charge in [0.15, 0.2) is 5.69 Å². The molecule has 1 rings (SSSR count). The first-order valence-corrected chi connectivity index (χ1v) is 6.06. The highest BCUT2D eigenvalue weighted by atomic mass is 32.1. The lowest BCUT2D eigenvalue weighted by Gasteiger charge is -2.03. The zero-order valence-corrected chi connectivity index (χ0v) is 10.5. The predicted octanol–water partition coefficient (Wildman–Crippen LogP) is -0.364. The van der Waals surface area contributed by atoms with Crippen molar-refractivity contribution in [2.45, 2.75) is 13.3 Å². The minimum Gasteiger partial charge on any atom is -0.476 e. The van der Waals surface area contributed by atoms with Crippen molar-refractivity contribution in [2.24, 2.45) is 0 Å². The van der Waals surface area contributed by atoms with Crippen LogP contribution < -0.4 is 10.6 Å². The minimum atomic E-state index is -1.06. The molecule has 0 aliphatic heterocycles. The van der Waals surface area contributed by atoms with Gasteiger partial charge in [-0.25, -0.2) is 9.78 Å². The van der Waals surface area contributed by atoms with E-state index in [9.17, 15) is 14.4 Å². The van der Waals surface area contributed by atoms with E-state index in [1.165, 1.54) is 23.6 Å². The monoisotopic (exact) mass is 271 g/mol. The van der Waals surface area contributed by atoms with Gasteiger partial charge in [-0.15, -0.1) is 11.3 Å². The summed E-state index contributed by atoms with van der Waals surface area (Å²) in [4.78, 5) is 36.2. The lowest BCUT2D eigenvalue weighted by atomic mass is 10.4. The van der Waals surface area contributed by atoms with Crippen molar-refractivity contribution in [3.8, 4) is 0 Å². The summed E-state index contributed by atoms with van der Waals surface area (Å²) in [6, 6.07) is 0. The smallest absolute Gasteiger partial charge is 0.355 e. The summed E-state index contributed by atoms with van der Waals surface area (Å²) in [5.74, 6) is -1.62. The van der Waals surface area contributed by atoms with Crippen LogP contribution >= 0.6 is 11.3 Å². The van der Waals surface area contributed by atoms with Crippen LogP contribution in [0.5, 0.6) is 0 Å². The summed E-state index contributed by atoms with van der Waals surface area (Å²) in [7, 11) is 0. The van der Waals surface area contributed by atoms with Crippen molar-refractivity contribution in [3.63, 3.8) is 0 Å². The number of aromatic nitrogens is 1. The quantitative estimate of drug-likeness (QED) is 0.654. The number of carboxylic acid groups (broad SMARTS) is 1. The van der Waals surface area contributed by atoms with Crippen LogP contribution in [0.1, 0.15) is 22.4 Å². The number of hydrogen-bond acceptors (Lipinski definition) is 5. The van der Waals surface area contributed by atoms with E-state index in [4.69, 9.17) is 5.11 Å². The van der Waals surface area contributed by atoms with E-state index in [0.29, 0.717) is 18.0 Å². The number of nitrogens with one attached hydrogen (secondary N) is 2. The third-order valence-electron chi connectivity index (χ3n) is 1.93. The molecule has 0 unspecified atom stereocenters. The Morgan fingerprint density at radius 2 is 2.11 bits per heavy atom. The van der Waals surface area contributed by atoms with Crippen LogP contribution in [0.15, 0.2) is 5.38 Å². The number of rotatable bonds is 6. The van der Waals surface area contributed by atoms with Gasteiger partial charge in [0.1, 0.15) is 0 Å². The zero-order chi connectivity index (χ0) is 13.5. The molecule has 0 spiro atoms. The number of carbonyl (C=O) groups excluding carboxylic acids is 2. The lowest BCUT2D eigenvalue weighted by Crippen LogP contribution is -2.36. The molecular formula is C10H13N3O4S. The highest BCUT2D eigenvalue weighted by Crippen LogP contribution is 2.09. The molecule has 0 aliphatic rings. The maximum Gasteiger partial charge on any atom is 0.355 e. The van der Waals surface area contributed by atoms with Gasteiger partial charge in [0.05, 0.1) is 11.6 Å². The van der Waals surface area contributed by atoms with Crippen LogP contribution in [0.4, 0.5) is 0 Å². The molecule has 2 amide bonds. The number of nitrogens with zero attached hydrogens (tertiary/aromatic N) is 1. The van der Waals surface area contributed by atoms with E-state index in [1.54, 1.807) is 0 Å². The summed E-state index contributed by atoms with van der Waals surface area (Å²) < 4.78 is 0. The number of thiazole rings is 1. The van der Waals surface area contributed by atoms with Gasteiger partial charge in [-0.3, -0.25) is 9.59 Å². The molecule has 0 aromatic carbocycles. The molecule has 8 heteroatoms. The van der Waals surface area contributed by atoms with E-state index < -0.39 is 5.97 Å². The molecular weight excluding hydrogens is 258 g/mol. The number of carboxylic acids is 1. The number of aromatic carboxylic acids is 1. The second-order valence-corrected chi connectivity index (χ2v) is 4.38. The van der Waals surface area contributed by atoms with Crippen molar-refractivity contribution in [1.82, 2.24) is 15.6 Å². The molecule has 7 nitrogen and oxygen atoms in total. The van der Waals surface area contributed by atoms with Crippen LogP contribution in [0.2, 0.25) is 0 Å². The average Bonchev–Trinajstić information content (AvgIpc) is 2.75. The number of carbonyl (C=O) groups is 3. The Bertz CT molecular complexity index is 458. The van der Waals surface area contributed by atoms with Crippen molar-refractivity contribution in [3.05, 3.63) is 16.1 Å². The van der Waals surface area contributed by atoms with E-state index in [0.717, 1.165) is 0 Å². The van der Waals surface area contributed by atoms with Crippen molar-refractivity contribution < 1.29 is 19.5 Å². The Morgan fingerprint density at radius 1 is 1.39 bits per heavy atom. The van der Waals surface area contributed by atoms with Gasteiger partial charge in [0.25, 0.3) is 0 Å². The Labute approximate surface area is 107 Å². The molecule has 0 fully saturated rings. The fraction of sp³-hybridized carbons (Fsp3) is 0.400. The molecule has 3 N–H and O–H groups in total. The highest BCUT2D eigenvalue weighted by molar-refractivity contribution is 7.09. The standard InChI is InChI=1S/C10H13N3O4S/c1-6(14)12-4-8(15)11-3-2-9-13-7(5-18-9)10(16)17/h5H,2-4H2,1H3,(H,11,15)(H,12,14)(H,16,17). The fourth-order valence-corrected chi connectivity index (χ4v) is 1.87. The van der Waals surface area contributed by atoms with Crippen LogP contribution in [0.25, 0.3) is 0 Å². The largest absolute Gasteiger partial charge is 0.476 e. The molecule has 0 saturated carbocycles. The highest BCUT2D eigenvalue weighted by Gasteiger charge is 2.08. The van der Waals surface area contributed by atoms with Gasteiger partial charge in [-0.1, -0.05) is 0 Å². The van der Waals surface area contributed by atoms with Gasteiger partial charge >= 0.3 is 5.97 Å². The summed E-state index contributed by atoms with van der Waals surface area (Å²) in [5, 5.41) is 15.7. The molecule has 1 aromatic rings. The first-order chi connectivity index (χ1) is 8.49. The summed E-state index contributed by atoms with van der Waals surface area (Å²) in [5.41, 5.74) is 0.0135. The second-order valence-electron chi connectivity index (χ2n) is 3.44. The van der Waals surface area contributed by atoms with Crippen LogP contribution in [0, 0.1) is 0 Å². The molecule has 0 radical (unpaired) electrons. The van der Waals surface area contributed by atoms with Crippen LogP contribution in [-0.4, -0.2) is 41.0 Å². The van der Waals surface area contributed by atoms with Crippen molar-refractivity contribution in [2.75, 3.05) is 13.1 Å². The minimum absolute atomic E-state index is 0.0135. The fourth-order valence-electron chi connectivity index (χ4n) is 1.10. The van der Waals surface area contributed by atoms with Gasteiger partial charge in [-0.2, -0.15) is 0 Å². The Balaban J connectivity index is 2.26. The van der Waals surface area contributed by atoms with Gasteiger partial charge in [-0.05, 0) is 0 Å². The van der Waals surface area contributed by atoms with E-state index >= 15 is 0 Å². The molecule has 1 heterocycles. The molecule has 0 saturated heterocycles. The molecule has 98 valence electrons. The molecule has 18 heavy (non-hydrogen) atoms. The lowest BCUT2D eigenvalue weighted by molar-refractivity contribution is -0.125. The summed E-state index contributed by atoms with van der Waals surface area (Å²) in [6.07, 6.45) is 0.462. The Kier molecular flexibility index (Phi) is 5.25. The first kappa shape index (κ1) is 14.1. The second kappa shape index (κ2) is 6.70. The third-order valence-corrected chi connectivity index (χ3v) is 2.84. The van der Waals surface area contributed by atoms with Crippen molar-refractivity contribution in [1.29, 1.82) is 0 Å². The molecule has 0 atom stereocenters. The summed E-state index contributed by atoms with van der Waals surface area (Å²) in [6.45, 7) is 1.62. The summed E-state index contributed by atoms with van der Waals surface area (Å²) >= 11 is 1.23.